The van der Waals surface area contributed by atoms with Crippen LogP contribution in [0, 0.1) is 17.8 Å². The number of rotatable bonds is 2. The van der Waals surface area contributed by atoms with E-state index in [1.54, 1.807) is 0 Å². The van der Waals surface area contributed by atoms with Crippen LogP contribution in [0.2, 0.25) is 0 Å². The number of aliphatic hydroxyl groups is 1. The lowest BCUT2D eigenvalue weighted by atomic mass is 9.89. The lowest BCUT2D eigenvalue weighted by Gasteiger charge is -2.22. The van der Waals surface area contributed by atoms with E-state index in [1.165, 1.54) is 19.3 Å². The molecule has 0 aromatic rings. The Morgan fingerprint density at radius 1 is 1.23 bits per heavy atom. The Morgan fingerprint density at radius 2 is 2.08 bits per heavy atom. The molecule has 76 valence electrons. The fourth-order valence-electron chi connectivity index (χ4n) is 2.77. The van der Waals surface area contributed by atoms with E-state index in [1.807, 2.05) is 0 Å². The van der Waals surface area contributed by atoms with Crippen molar-refractivity contribution in [3.8, 4) is 0 Å². The molecule has 4 unspecified atom stereocenters. The Balaban J connectivity index is 1.85. The highest BCUT2D eigenvalue weighted by Gasteiger charge is 2.34. The van der Waals surface area contributed by atoms with Crippen LogP contribution < -0.4 is 0 Å². The van der Waals surface area contributed by atoms with Crippen molar-refractivity contribution < 1.29 is 9.84 Å². The summed E-state index contributed by atoms with van der Waals surface area (Å²) < 4.78 is 5.30. The van der Waals surface area contributed by atoms with Crippen molar-refractivity contribution in [2.45, 2.75) is 38.7 Å². The smallest absolute Gasteiger partial charge is 0.0619 e. The van der Waals surface area contributed by atoms with Gasteiger partial charge in [0, 0.05) is 12.5 Å². The minimum absolute atomic E-state index is 0.0903. The van der Waals surface area contributed by atoms with Crippen LogP contribution in [0.1, 0.15) is 32.6 Å². The first-order chi connectivity index (χ1) is 6.27. The fourth-order valence-corrected chi connectivity index (χ4v) is 2.77. The summed E-state index contributed by atoms with van der Waals surface area (Å²) >= 11 is 0. The molecule has 1 saturated heterocycles. The monoisotopic (exact) mass is 184 g/mol. The van der Waals surface area contributed by atoms with Gasteiger partial charge in [-0.2, -0.15) is 0 Å². The fraction of sp³-hybridized carbons (Fsp3) is 1.00. The van der Waals surface area contributed by atoms with Crippen molar-refractivity contribution in [1.82, 2.24) is 0 Å². The molecular formula is C11H20O2. The van der Waals surface area contributed by atoms with E-state index in [-0.39, 0.29) is 6.10 Å². The second-order valence-electron chi connectivity index (χ2n) is 4.79. The Hall–Kier alpha value is -0.0800. The van der Waals surface area contributed by atoms with E-state index >= 15 is 0 Å². The molecule has 2 nitrogen and oxygen atoms in total. The Bertz CT molecular complexity index is 163. The first-order valence-electron chi connectivity index (χ1n) is 5.53. The van der Waals surface area contributed by atoms with Gasteiger partial charge in [-0.05, 0) is 31.1 Å². The first-order valence-corrected chi connectivity index (χ1v) is 5.53. The molecule has 1 saturated carbocycles. The van der Waals surface area contributed by atoms with E-state index < -0.39 is 0 Å². The summed E-state index contributed by atoms with van der Waals surface area (Å²) in [5, 5.41) is 10.1. The average molecular weight is 184 g/mol. The third kappa shape index (κ3) is 2.05. The molecule has 0 bridgehead atoms. The summed E-state index contributed by atoms with van der Waals surface area (Å²) in [6.07, 6.45) is 4.71. The largest absolute Gasteiger partial charge is 0.392 e. The second-order valence-corrected chi connectivity index (χ2v) is 4.79. The van der Waals surface area contributed by atoms with Crippen LogP contribution >= 0.6 is 0 Å². The lowest BCUT2D eigenvalue weighted by Crippen LogP contribution is -2.28. The molecule has 2 fully saturated rings. The van der Waals surface area contributed by atoms with Gasteiger partial charge in [0.1, 0.15) is 0 Å². The summed E-state index contributed by atoms with van der Waals surface area (Å²) in [5.74, 6) is 1.80. The predicted molar refractivity (Wildman–Crippen MR) is 51.4 cm³/mol. The molecule has 2 rings (SSSR count). The number of hydrogen-bond donors (Lipinski definition) is 1. The highest BCUT2D eigenvalue weighted by atomic mass is 16.5. The molecule has 1 aliphatic heterocycles. The minimum atomic E-state index is -0.0903. The van der Waals surface area contributed by atoms with E-state index in [2.05, 4.69) is 6.92 Å². The predicted octanol–water partition coefficient (Wildman–Crippen LogP) is 1.82. The van der Waals surface area contributed by atoms with Gasteiger partial charge in [-0.1, -0.05) is 13.3 Å². The SMILES string of the molecule is CC1CCC(C(O)C2CCOC2)C1. The van der Waals surface area contributed by atoms with Gasteiger partial charge in [0.05, 0.1) is 12.7 Å². The Morgan fingerprint density at radius 3 is 2.62 bits per heavy atom. The number of hydrogen-bond acceptors (Lipinski definition) is 2. The van der Waals surface area contributed by atoms with Crippen LogP contribution in [0.3, 0.4) is 0 Å². The molecule has 0 radical (unpaired) electrons. The van der Waals surface area contributed by atoms with Gasteiger partial charge in [-0.25, -0.2) is 0 Å². The molecule has 1 heterocycles. The molecule has 2 aliphatic rings. The molecule has 0 aromatic heterocycles. The van der Waals surface area contributed by atoms with Gasteiger partial charge in [-0.3, -0.25) is 0 Å². The third-order valence-electron chi connectivity index (χ3n) is 3.67. The van der Waals surface area contributed by atoms with Crippen molar-refractivity contribution in [2.75, 3.05) is 13.2 Å². The van der Waals surface area contributed by atoms with Gasteiger partial charge in [0.15, 0.2) is 0 Å². The maximum absolute atomic E-state index is 10.1. The zero-order chi connectivity index (χ0) is 9.26. The topological polar surface area (TPSA) is 29.5 Å². The lowest BCUT2D eigenvalue weighted by molar-refractivity contribution is 0.0440. The van der Waals surface area contributed by atoms with Gasteiger partial charge in [0.25, 0.3) is 0 Å². The van der Waals surface area contributed by atoms with Gasteiger partial charge < -0.3 is 9.84 Å². The van der Waals surface area contributed by atoms with E-state index in [4.69, 9.17) is 4.74 Å². The number of aliphatic hydroxyl groups excluding tert-OH is 1. The van der Waals surface area contributed by atoms with Crippen molar-refractivity contribution >= 4 is 0 Å². The maximum Gasteiger partial charge on any atom is 0.0619 e. The molecule has 2 heteroatoms. The summed E-state index contributed by atoms with van der Waals surface area (Å²) in [4.78, 5) is 0. The second kappa shape index (κ2) is 3.97. The Kier molecular flexibility index (Phi) is 2.89. The van der Waals surface area contributed by atoms with Gasteiger partial charge in [0.2, 0.25) is 0 Å². The summed E-state index contributed by atoms with van der Waals surface area (Å²) in [6, 6.07) is 0. The minimum Gasteiger partial charge on any atom is -0.392 e. The maximum atomic E-state index is 10.1. The molecule has 0 aromatic carbocycles. The van der Waals surface area contributed by atoms with Crippen LogP contribution in [-0.2, 0) is 4.74 Å². The van der Waals surface area contributed by atoms with Crippen molar-refractivity contribution in [3.63, 3.8) is 0 Å². The average Bonchev–Trinajstić information content (AvgIpc) is 2.72. The van der Waals surface area contributed by atoms with Gasteiger partial charge in [-0.15, -0.1) is 0 Å². The van der Waals surface area contributed by atoms with Crippen LogP contribution in [0.5, 0.6) is 0 Å². The summed E-state index contributed by atoms with van der Waals surface area (Å²) in [6.45, 7) is 3.92. The molecule has 13 heavy (non-hydrogen) atoms. The zero-order valence-electron chi connectivity index (χ0n) is 8.41. The molecule has 4 atom stereocenters. The van der Waals surface area contributed by atoms with Crippen molar-refractivity contribution in [3.05, 3.63) is 0 Å². The quantitative estimate of drug-likeness (QED) is 0.709. The van der Waals surface area contributed by atoms with Crippen LogP contribution in [0.4, 0.5) is 0 Å². The van der Waals surface area contributed by atoms with E-state index in [9.17, 15) is 5.11 Å². The van der Waals surface area contributed by atoms with Crippen molar-refractivity contribution in [1.29, 1.82) is 0 Å². The normalized spacial score (nSPS) is 42.5. The van der Waals surface area contributed by atoms with Gasteiger partial charge >= 0.3 is 0 Å². The third-order valence-corrected chi connectivity index (χ3v) is 3.67. The molecule has 1 N–H and O–H groups in total. The summed E-state index contributed by atoms with van der Waals surface area (Å²) in [5.41, 5.74) is 0. The van der Waals surface area contributed by atoms with Crippen LogP contribution in [0.15, 0.2) is 0 Å². The zero-order valence-corrected chi connectivity index (χ0v) is 8.41. The number of ether oxygens (including phenoxy) is 1. The Labute approximate surface area is 80.3 Å². The standard InChI is InChI=1S/C11H20O2/c1-8-2-3-9(6-8)11(12)10-4-5-13-7-10/h8-12H,2-7H2,1H3. The van der Waals surface area contributed by atoms with E-state index in [0.29, 0.717) is 11.8 Å². The van der Waals surface area contributed by atoms with E-state index in [0.717, 1.165) is 25.6 Å². The molecular weight excluding hydrogens is 164 g/mol. The van der Waals surface area contributed by atoms with Crippen molar-refractivity contribution in [2.24, 2.45) is 17.8 Å². The molecule has 0 spiro atoms. The first kappa shape index (κ1) is 9.47. The highest BCUT2D eigenvalue weighted by molar-refractivity contribution is 4.84. The highest BCUT2D eigenvalue weighted by Crippen LogP contribution is 2.36. The summed E-state index contributed by atoms with van der Waals surface area (Å²) in [7, 11) is 0. The molecule has 1 aliphatic carbocycles. The van der Waals surface area contributed by atoms with Crippen LogP contribution in [0.25, 0.3) is 0 Å². The molecule has 0 amide bonds. The van der Waals surface area contributed by atoms with Crippen LogP contribution in [-0.4, -0.2) is 24.4 Å².